The van der Waals surface area contributed by atoms with Crippen molar-refractivity contribution in [3.63, 3.8) is 0 Å². The Kier molecular flexibility index (Phi) is 5.37. The molecule has 1 unspecified atom stereocenters. The molecule has 4 saturated carbocycles. The third-order valence-corrected chi connectivity index (χ3v) is 12.5. The van der Waals surface area contributed by atoms with Gasteiger partial charge in [-0.05, 0) is 81.4 Å². The van der Waals surface area contributed by atoms with Crippen molar-refractivity contribution in [3.8, 4) is 11.5 Å². The Balaban J connectivity index is 1.45. The van der Waals surface area contributed by atoms with Gasteiger partial charge in [-0.15, -0.1) is 0 Å². The second-order valence-electron chi connectivity index (χ2n) is 14.3. The Morgan fingerprint density at radius 1 is 1.16 bits per heavy atom. The third kappa shape index (κ3) is 2.97. The molecule has 204 valence electrons. The molecule has 4 bridgehead atoms. The van der Waals surface area contributed by atoms with Gasteiger partial charge in [-0.25, -0.2) is 0 Å². The molecule has 5 nitrogen and oxygen atoms in total. The molecule has 6 heteroatoms. The van der Waals surface area contributed by atoms with Crippen LogP contribution >= 0.6 is 15.9 Å². The Morgan fingerprint density at radius 2 is 1.95 bits per heavy atom. The molecule has 1 saturated heterocycles. The molecule has 1 aromatic rings. The van der Waals surface area contributed by atoms with Gasteiger partial charge in [0.25, 0.3) is 0 Å². The molecule has 1 aromatic carbocycles. The van der Waals surface area contributed by atoms with Crippen molar-refractivity contribution in [2.75, 3.05) is 32.1 Å². The molecule has 1 N–H and O–H groups in total. The van der Waals surface area contributed by atoms with Crippen LogP contribution in [0.4, 0.5) is 0 Å². The maximum atomic E-state index is 12.3. The summed E-state index contributed by atoms with van der Waals surface area (Å²) < 4.78 is 20.1. The Morgan fingerprint density at radius 3 is 2.62 bits per heavy atom. The number of likely N-dealkylation sites (tertiary alicyclic amines) is 1. The van der Waals surface area contributed by atoms with E-state index in [1.807, 2.05) is 7.11 Å². The number of alkyl halides is 1. The predicted molar refractivity (Wildman–Crippen MR) is 148 cm³/mol. The van der Waals surface area contributed by atoms with Crippen molar-refractivity contribution in [1.29, 1.82) is 0 Å². The zero-order chi connectivity index (χ0) is 26.0. The standard InChI is InChI=1S/C31H44BrNO4/c1-27(2,3)28(4,34)22-17-29-10-11-31(22,35-5)26-30(29)12-14-33(18-19-6-7-19)23(29)16-20-8-9-21(36-15-13-32)25(37-26)24(20)30/h8-9,19,22-23,26,34H,6-7,10-18H2,1-5H3/t22-,23-,26+,28+,29-,30+,31?/m1/s1. The summed E-state index contributed by atoms with van der Waals surface area (Å²) >= 11 is 3.53. The van der Waals surface area contributed by atoms with E-state index >= 15 is 0 Å². The normalized spacial score (nSPS) is 41.2. The van der Waals surface area contributed by atoms with Gasteiger partial charge in [-0.3, -0.25) is 4.90 Å². The highest BCUT2D eigenvalue weighted by Gasteiger charge is 2.82. The van der Waals surface area contributed by atoms with Gasteiger partial charge in [0.2, 0.25) is 0 Å². The summed E-state index contributed by atoms with van der Waals surface area (Å²) in [4.78, 5) is 2.87. The second kappa shape index (κ2) is 7.89. The molecule has 0 aromatic heterocycles. The fraction of sp³-hybridized carbons (Fsp3) is 0.806. The number of ether oxygens (including phenoxy) is 3. The topological polar surface area (TPSA) is 51.2 Å². The zero-order valence-electron chi connectivity index (χ0n) is 23.2. The number of methoxy groups -OCH3 is 1. The molecule has 5 fully saturated rings. The van der Waals surface area contributed by atoms with Gasteiger partial charge in [0, 0.05) is 47.3 Å². The number of rotatable bonds is 7. The monoisotopic (exact) mass is 573 g/mol. The van der Waals surface area contributed by atoms with E-state index in [-0.39, 0.29) is 28.3 Å². The van der Waals surface area contributed by atoms with Gasteiger partial charge < -0.3 is 19.3 Å². The van der Waals surface area contributed by atoms with Gasteiger partial charge in [0.15, 0.2) is 11.5 Å². The van der Waals surface area contributed by atoms with Crippen LogP contribution in [0.15, 0.2) is 12.1 Å². The van der Waals surface area contributed by atoms with E-state index in [1.54, 1.807) is 0 Å². The molecule has 5 aliphatic carbocycles. The lowest BCUT2D eigenvalue weighted by molar-refractivity contribution is -0.312. The first-order chi connectivity index (χ1) is 17.6. The molecule has 7 atom stereocenters. The summed E-state index contributed by atoms with van der Waals surface area (Å²) in [6.07, 6.45) is 7.96. The molecule has 7 aliphatic rings. The van der Waals surface area contributed by atoms with Crippen molar-refractivity contribution >= 4 is 15.9 Å². The van der Waals surface area contributed by atoms with Crippen LogP contribution in [0.2, 0.25) is 0 Å². The smallest absolute Gasteiger partial charge is 0.165 e. The lowest BCUT2D eigenvalue weighted by atomic mass is 9.33. The maximum absolute atomic E-state index is 12.3. The van der Waals surface area contributed by atoms with E-state index in [1.165, 1.54) is 30.5 Å². The maximum Gasteiger partial charge on any atom is 0.165 e. The number of hydrogen-bond acceptors (Lipinski definition) is 5. The van der Waals surface area contributed by atoms with Gasteiger partial charge in [-0.1, -0.05) is 42.8 Å². The van der Waals surface area contributed by atoms with Crippen molar-refractivity contribution in [2.24, 2.45) is 22.7 Å². The average Bonchev–Trinajstić information content (AvgIpc) is 3.60. The summed E-state index contributed by atoms with van der Waals surface area (Å²) in [6.45, 7) is 11.6. The summed E-state index contributed by atoms with van der Waals surface area (Å²) in [6, 6.07) is 4.98. The Hall–Kier alpha value is -0.820. The van der Waals surface area contributed by atoms with Crippen LogP contribution in [0.25, 0.3) is 0 Å². The minimum atomic E-state index is -0.888. The van der Waals surface area contributed by atoms with Crippen LogP contribution in [-0.2, 0) is 16.6 Å². The molecule has 37 heavy (non-hydrogen) atoms. The van der Waals surface area contributed by atoms with Gasteiger partial charge in [-0.2, -0.15) is 0 Å². The molecule has 0 radical (unpaired) electrons. The molecule has 2 aliphatic heterocycles. The average molecular weight is 575 g/mol. The first kappa shape index (κ1) is 25.2. The van der Waals surface area contributed by atoms with E-state index in [9.17, 15) is 5.11 Å². The number of benzene rings is 1. The quantitative estimate of drug-likeness (QED) is 0.437. The lowest BCUT2D eigenvalue weighted by Crippen LogP contribution is -2.83. The van der Waals surface area contributed by atoms with Gasteiger partial charge >= 0.3 is 0 Å². The SMILES string of the molecule is COC12CC[C@@]3(C[C@@H]1[C@](C)(O)C(C)(C)C)[C@H]1Cc4ccc(OCCBr)c5c4[C@@]3(CCN1CC1CC1)[C@@H]2O5. The third-order valence-electron chi connectivity index (χ3n) is 12.2. The molecule has 8 rings (SSSR count). The largest absolute Gasteiger partial charge is 0.489 e. The molecule has 0 amide bonds. The predicted octanol–water partition coefficient (Wildman–Crippen LogP) is 5.48. The summed E-state index contributed by atoms with van der Waals surface area (Å²) in [5.74, 6) is 2.72. The number of nitrogens with zero attached hydrogens (tertiary/aromatic N) is 1. The molecular weight excluding hydrogens is 530 g/mol. The van der Waals surface area contributed by atoms with Crippen molar-refractivity contribution in [2.45, 2.75) is 101 Å². The number of piperidine rings is 1. The fourth-order valence-electron chi connectivity index (χ4n) is 9.83. The number of halogens is 1. The van der Waals surface area contributed by atoms with Crippen LogP contribution < -0.4 is 9.47 Å². The summed E-state index contributed by atoms with van der Waals surface area (Å²) in [7, 11) is 1.87. The van der Waals surface area contributed by atoms with Gasteiger partial charge in [0.05, 0.1) is 12.2 Å². The highest BCUT2D eigenvalue weighted by molar-refractivity contribution is 9.09. The van der Waals surface area contributed by atoms with E-state index in [2.05, 4.69) is 60.7 Å². The van der Waals surface area contributed by atoms with Crippen molar-refractivity contribution < 1.29 is 19.3 Å². The molecular formula is C31H44BrNO4. The first-order valence-electron chi connectivity index (χ1n) is 14.6. The molecule has 2 spiro atoms. The Bertz CT molecular complexity index is 1110. The van der Waals surface area contributed by atoms with E-state index in [4.69, 9.17) is 14.2 Å². The molecule has 2 heterocycles. The van der Waals surface area contributed by atoms with E-state index < -0.39 is 11.2 Å². The minimum Gasteiger partial charge on any atom is -0.489 e. The van der Waals surface area contributed by atoms with Crippen molar-refractivity contribution in [3.05, 3.63) is 23.3 Å². The highest BCUT2D eigenvalue weighted by atomic mass is 79.9. The highest BCUT2D eigenvalue weighted by Crippen LogP contribution is 2.78. The first-order valence-corrected chi connectivity index (χ1v) is 15.7. The number of fused-ring (bicyclic) bond motifs is 2. The van der Waals surface area contributed by atoms with Crippen LogP contribution in [0, 0.1) is 22.7 Å². The van der Waals surface area contributed by atoms with Crippen LogP contribution in [-0.4, -0.2) is 65.5 Å². The summed E-state index contributed by atoms with van der Waals surface area (Å²) in [5, 5.41) is 13.1. The number of hydrogen-bond donors (Lipinski definition) is 1. The van der Waals surface area contributed by atoms with Gasteiger partial charge in [0.1, 0.15) is 11.7 Å². The lowest BCUT2D eigenvalue weighted by Gasteiger charge is -2.75. The van der Waals surface area contributed by atoms with Crippen LogP contribution in [0.3, 0.4) is 0 Å². The van der Waals surface area contributed by atoms with Crippen LogP contribution in [0.5, 0.6) is 11.5 Å². The van der Waals surface area contributed by atoms with Crippen molar-refractivity contribution in [1.82, 2.24) is 4.90 Å². The second-order valence-corrected chi connectivity index (χ2v) is 15.1. The minimum absolute atomic E-state index is 0.00280. The zero-order valence-corrected chi connectivity index (χ0v) is 24.8. The van der Waals surface area contributed by atoms with E-state index in [0.29, 0.717) is 12.6 Å². The fourth-order valence-corrected chi connectivity index (χ4v) is 9.99. The van der Waals surface area contributed by atoms with Crippen LogP contribution in [0.1, 0.15) is 77.3 Å². The van der Waals surface area contributed by atoms with E-state index in [0.717, 1.165) is 61.4 Å². The summed E-state index contributed by atoms with van der Waals surface area (Å²) in [5.41, 5.74) is 1.20. The number of aliphatic hydroxyl groups is 1. The Labute approximate surface area is 230 Å².